The molecule has 3 aromatic rings. The minimum atomic E-state index is -0.456. The van der Waals surface area contributed by atoms with E-state index in [1.165, 1.54) is 23.3 Å². The van der Waals surface area contributed by atoms with E-state index in [1.54, 1.807) is 35.6 Å². The quantitative estimate of drug-likeness (QED) is 0.686. The van der Waals surface area contributed by atoms with Crippen LogP contribution in [0.1, 0.15) is 45.0 Å². The smallest absolute Gasteiger partial charge is 0.338 e. The first-order chi connectivity index (χ1) is 12.7. The molecule has 0 fully saturated rings. The molecule has 7 heteroatoms. The van der Waals surface area contributed by atoms with Gasteiger partial charge in [0.2, 0.25) is 0 Å². The van der Waals surface area contributed by atoms with Crippen LogP contribution in [0.2, 0.25) is 0 Å². The van der Waals surface area contributed by atoms with Crippen LogP contribution < -0.4 is 5.73 Å². The summed E-state index contributed by atoms with van der Waals surface area (Å²) in [4.78, 5) is 23.3. The summed E-state index contributed by atoms with van der Waals surface area (Å²) in [6.45, 7) is -0.0868. The standard InChI is InChI=1S/C19H19N3O3S/c20-17-16-13-3-1-2-4-14(13)26-18(16)22-15(21-17)10-25-19(24)12-7-5-11(9-23)6-8-12/h5-8,23H,1-4,9-10H2,(H2,20,21,22). The molecule has 0 radical (unpaired) electrons. The predicted molar refractivity (Wildman–Crippen MR) is 100.0 cm³/mol. The maximum Gasteiger partial charge on any atom is 0.338 e. The molecule has 1 aliphatic carbocycles. The van der Waals surface area contributed by atoms with Crippen LogP contribution in [-0.4, -0.2) is 21.0 Å². The molecule has 6 nitrogen and oxygen atoms in total. The molecule has 1 aliphatic rings. The summed E-state index contributed by atoms with van der Waals surface area (Å²) in [6.07, 6.45) is 4.48. The second kappa shape index (κ2) is 7.01. The van der Waals surface area contributed by atoms with Crippen molar-refractivity contribution in [2.45, 2.75) is 38.9 Å². The Morgan fingerprint density at radius 1 is 1.19 bits per heavy atom. The number of nitrogen functional groups attached to an aromatic ring is 1. The Kier molecular flexibility index (Phi) is 4.57. The van der Waals surface area contributed by atoms with Crippen molar-refractivity contribution in [3.05, 3.63) is 51.7 Å². The van der Waals surface area contributed by atoms with Crippen LogP contribution in [0, 0.1) is 0 Å². The maximum atomic E-state index is 12.2. The summed E-state index contributed by atoms with van der Waals surface area (Å²) in [5.74, 6) is 0.420. The topological polar surface area (TPSA) is 98.3 Å². The van der Waals surface area contributed by atoms with E-state index >= 15 is 0 Å². The van der Waals surface area contributed by atoms with Gasteiger partial charge >= 0.3 is 5.97 Å². The number of benzene rings is 1. The molecule has 1 aromatic carbocycles. The van der Waals surface area contributed by atoms with Crippen molar-refractivity contribution < 1.29 is 14.6 Å². The first kappa shape index (κ1) is 16.9. The molecule has 0 amide bonds. The van der Waals surface area contributed by atoms with Crippen LogP contribution in [0.3, 0.4) is 0 Å². The summed E-state index contributed by atoms with van der Waals surface area (Å²) in [5.41, 5.74) is 8.62. The first-order valence-electron chi connectivity index (χ1n) is 8.59. The first-order valence-corrected chi connectivity index (χ1v) is 9.41. The number of fused-ring (bicyclic) bond motifs is 3. The number of nitrogens with zero attached hydrogens (tertiary/aromatic N) is 2. The monoisotopic (exact) mass is 369 g/mol. The number of anilines is 1. The van der Waals surface area contributed by atoms with Gasteiger partial charge in [-0.1, -0.05) is 12.1 Å². The third-order valence-electron chi connectivity index (χ3n) is 4.59. The molecule has 4 rings (SSSR count). The van der Waals surface area contributed by atoms with E-state index in [2.05, 4.69) is 9.97 Å². The van der Waals surface area contributed by atoms with Gasteiger partial charge in [-0.05, 0) is 48.9 Å². The zero-order valence-electron chi connectivity index (χ0n) is 14.2. The lowest BCUT2D eigenvalue weighted by Gasteiger charge is -2.10. The fourth-order valence-corrected chi connectivity index (χ4v) is 4.54. The summed E-state index contributed by atoms with van der Waals surface area (Å²) in [7, 11) is 0. The van der Waals surface area contributed by atoms with Gasteiger partial charge < -0.3 is 15.6 Å². The summed E-state index contributed by atoms with van der Waals surface area (Å²) in [6, 6.07) is 6.62. The van der Waals surface area contributed by atoms with Crippen LogP contribution in [0.25, 0.3) is 10.2 Å². The highest BCUT2D eigenvalue weighted by Gasteiger charge is 2.20. The minimum Gasteiger partial charge on any atom is -0.454 e. The van der Waals surface area contributed by atoms with Crippen LogP contribution in [0.4, 0.5) is 5.82 Å². The van der Waals surface area contributed by atoms with Crippen LogP contribution >= 0.6 is 11.3 Å². The third-order valence-corrected chi connectivity index (χ3v) is 5.78. The molecule has 0 saturated heterocycles. The third kappa shape index (κ3) is 3.15. The largest absolute Gasteiger partial charge is 0.454 e. The number of nitrogens with two attached hydrogens (primary N) is 1. The number of aromatic nitrogens is 2. The number of aryl methyl sites for hydroxylation is 2. The van der Waals surface area contributed by atoms with Crippen molar-refractivity contribution in [2.75, 3.05) is 5.73 Å². The van der Waals surface area contributed by atoms with E-state index in [9.17, 15) is 4.79 Å². The molecule has 0 bridgehead atoms. The van der Waals surface area contributed by atoms with Gasteiger partial charge in [0.15, 0.2) is 12.4 Å². The van der Waals surface area contributed by atoms with Gasteiger partial charge in [0.05, 0.1) is 17.6 Å². The molecule has 26 heavy (non-hydrogen) atoms. The average Bonchev–Trinajstić information content (AvgIpc) is 3.05. The number of hydrogen-bond donors (Lipinski definition) is 2. The molecular weight excluding hydrogens is 350 g/mol. The van der Waals surface area contributed by atoms with Crippen LogP contribution in [0.15, 0.2) is 24.3 Å². The molecule has 0 spiro atoms. The van der Waals surface area contributed by atoms with Gasteiger partial charge in [-0.2, -0.15) is 0 Å². The van der Waals surface area contributed by atoms with Gasteiger partial charge in [-0.15, -0.1) is 11.3 Å². The Hall–Kier alpha value is -2.51. The van der Waals surface area contributed by atoms with Gasteiger partial charge in [-0.25, -0.2) is 14.8 Å². The number of carbonyl (C=O) groups is 1. The van der Waals surface area contributed by atoms with E-state index in [0.29, 0.717) is 17.2 Å². The van der Waals surface area contributed by atoms with Crippen molar-refractivity contribution in [1.29, 1.82) is 0 Å². The summed E-state index contributed by atoms with van der Waals surface area (Å²) >= 11 is 1.67. The fraction of sp³-hybridized carbons (Fsp3) is 0.316. The summed E-state index contributed by atoms with van der Waals surface area (Å²) < 4.78 is 5.32. The number of esters is 1. The van der Waals surface area contributed by atoms with Crippen molar-refractivity contribution in [1.82, 2.24) is 9.97 Å². The Morgan fingerprint density at radius 3 is 2.73 bits per heavy atom. The predicted octanol–water partition coefficient (Wildman–Crippen LogP) is 3.00. The number of aliphatic hydroxyl groups excluding tert-OH is 1. The van der Waals surface area contributed by atoms with E-state index in [0.717, 1.165) is 28.6 Å². The normalized spacial score (nSPS) is 13.6. The minimum absolute atomic E-state index is 0.0245. The highest BCUT2D eigenvalue weighted by atomic mass is 32.1. The van der Waals surface area contributed by atoms with Gasteiger partial charge in [0, 0.05) is 4.88 Å². The maximum absolute atomic E-state index is 12.2. The zero-order valence-corrected chi connectivity index (χ0v) is 15.0. The molecule has 0 atom stereocenters. The van der Waals surface area contributed by atoms with Crippen LogP contribution in [0.5, 0.6) is 0 Å². The SMILES string of the molecule is Nc1nc(COC(=O)c2ccc(CO)cc2)nc2sc3c(c12)CCCC3. The number of hydrogen-bond acceptors (Lipinski definition) is 7. The lowest BCUT2D eigenvalue weighted by atomic mass is 9.97. The number of ether oxygens (including phenoxy) is 1. The van der Waals surface area contributed by atoms with E-state index in [-0.39, 0.29) is 13.2 Å². The van der Waals surface area contributed by atoms with Gasteiger partial charge in [0.25, 0.3) is 0 Å². The number of carbonyl (C=O) groups excluding carboxylic acids is 1. The molecular formula is C19H19N3O3S. The molecule has 134 valence electrons. The highest BCUT2D eigenvalue weighted by Crippen LogP contribution is 2.37. The van der Waals surface area contributed by atoms with E-state index in [4.69, 9.17) is 15.6 Å². The molecule has 2 aromatic heterocycles. The van der Waals surface area contributed by atoms with Crippen molar-refractivity contribution in [3.63, 3.8) is 0 Å². The Labute approximate surface area is 154 Å². The van der Waals surface area contributed by atoms with Crippen molar-refractivity contribution >= 4 is 33.3 Å². The fourth-order valence-electron chi connectivity index (χ4n) is 3.26. The molecule has 0 saturated carbocycles. The summed E-state index contributed by atoms with van der Waals surface area (Å²) in [5, 5.41) is 10.0. The van der Waals surface area contributed by atoms with Crippen molar-refractivity contribution in [3.8, 4) is 0 Å². The van der Waals surface area contributed by atoms with Crippen molar-refractivity contribution in [2.24, 2.45) is 0 Å². The number of aliphatic hydroxyl groups is 1. The molecule has 0 aliphatic heterocycles. The molecule has 0 unspecified atom stereocenters. The number of thiophene rings is 1. The Balaban J connectivity index is 1.52. The van der Waals surface area contributed by atoms with Gasteiger partial charge in [0.1, 0.15) is 10.6 Å². The van der Waals surface area contributed by atoms with E-state index < -0.39 is 5.97 Å². The Morgan fingerprint density at radius 2 is 1.96 bits per heavy atom. The average molecular weight is 369 g/mol. The number of rotatable bonds is 4. The Bertz CT molecular complexity index is 966. The zero-order chi connectivity index (χ0) is 18.1. The lowest BCUT2D eigenvalue weighted by Crippen LogP contribution is -2.09. The molecule has 3 N–H and O–H groups in total. The van der Waals surface area contributed by atoms with Gasteiger partial charge in [-0.3, -0.25) is 0 Å². The lowest BCUT2D eigenvalue weighted by molar-refractivity contribution is 0.0462. The second-order valence-corrected chi connectivity index (χ2v) is 7.43. The van der Waals surface area contributed by atoms with Crippen LogP contribution in [-0.2, 0) is 30.8 Å². The highest BCUT2D eigenvalue weighted by molar-refractivity contribution is 7.19. The van der Waals surface area contributed by atoms with E-state index in [1.807, 2.05) is 0 Å². The molecule has 2 heterocycles. The second-order valence-electron chi connectivity index (χ2n) is 6.35.